The minimum absolute atomic E-state index is 0.236. The molecule has 0 N–H and O–H groups in total. The van der Waals surface area contributed by atoms with Crippen LogP contribution in [0.25, 0.3) is 6.20 Å². The second-order valence-corrected chi connectivity index (χ2v) is 4.91. The Bertz CT molecular complexity index is 382. The third kappa shape index (κ3) is 2.35. The van der Waals surface area contributed by atoms with E-state index in [0.29, 0.717) is 5.69 Å². The maximum absolute atomic E-state index is 10.7. The molecule has 0 fully saturated rings. The summed E-state index contributed by atoms with van der Waals surface area (Å²) < 4.78 is 22.7. The van der Waals surface area contributed by atoms with Crippen molar-refractivity contribution in [3.8, 4) is 0 Å². The molecule has 0 spiro atoms. The van der Waals surface area contributed by atoms with Crippen molar-refractivity contribution in [2.45, 2.75) is 5.75 Å². The Kier molecular flexibility index (Phi) is 2.54. The maximum Gasteiger partial charge on any atom is 0.238 e. The van der Waals surface area contributed by atoms with Crippen LogP contribution in [0.3, 0.4) is 0 Å². The molecule has 4 nitrogen and oxygen atoms in total. The summed E-state index contributed by atoms with van der Waals surface area (Å²) in [5.41, 5.74) is 0.500. The van der Waals surface area contributed by atoms with Crippen LogP contribution >= 0.6 is 10.7 Å². The van der Waals surface area contributed by atoms with Gasteiger partial charge in [-0.15, -0.1) is 0 Å². The molecule has 1 heterocycles. The van der Waals surface area contributed by atoms with Crippen LogP contribution in [-0.4, -0.2) is 18.2 Å². The molecular formula is C6H7ClN2O2S. The van der Waals surface area contributed by atoms with Gasteiger partial charge in [-0.3, -0.25) is 0 Å². The van der Waals surface area contributed by atoms with Crippen molar-refractivity contribution in [1.29, 1.82) is 0 Å². The van der Waals surface area contributed by atoms with E-state index in [-0.39, 0.29) is 5.75 Å². The smallest absolute Gasteiger partial charge is 0.238 e. The van der Waals surface area contributed by atoms with Crippen molar-refractivity contribution < 1.29 is 8.42 Å². The van der Waals surface area contributed by atoms with Crippen LogP contribution < -0.4 is 0 Å². The summed E-state index contributed by atoms with van der Waals surface area (Å²) in [4.78, 5) is 0. The Morgan fingerprint density at radius 3 is 2.92 bits per heavy atom. The molecule has 0 bridgehead atoms. The quantitative estimate of drug-likeness (QED) is 0.695. The summed E-state index contributed by atoms with van der Waals surface area (Å²) in [7, 11) is 1.53. The van der Waals surface area contributed by atoms with Gasteiger partial charge in [0.15, 0.2) is 0 Å². The van der Waals surface area contributed by atoms with E-state index in [4.69, 9.17) is 10.7 Å². The van der Waals surface area contributed by atoms with Gasteiger partial charge in [0, 0.05) is 23.1 Å². The molecule has 0 aliphatic carbocycles. The molecule has 0 aliphatic rings. The topological polar surface area (TPSA) is 52.0 Å². The minimum Gasteiger partial charge on any atom is -0.245 e. The zero-order valence-corrected chi connectivity index (χ0v) is 7.72. The average Bonchev–Trinajstić information content (AvgIpc) is 2.31. The molecule has 0 amide bonds. The van der Waals surface area contributed by atoms with Gasteiger partial charge in [0.25, 0.3) is 0 Å². The van der Waals surface area contributed by atoms with Crippen molar-refractivity contribution in [2.24, 2.45) is 0 Å². The largest absolute Gasteiger partial charge is 0.245 e. The molecule has 1 rings (SSSR count). The number of aromatic nitrogens is 2. The molecule has 0 radical (unpaired) electrons. The standard InChI is InChI=1S/C6H7ClN2O2S/c1-2-9-6(3-4-8-9)5-12(7,10)11/h2-4H,1,5H2. The summed E-state index contributed by atoms with van der Waals surface area (Å²) in [6.45, 7) is 3.46. The third-order valence-corrected chi connectivity index (χ3v) is 2.21. The zero-order chi connectivity index (χ0) is 9.19. The lowest BCUT2D eigenvalue weighted by Gasteiger charge is -1.97. The molecule has 0 aliphatic heterocycles. The summed E-state index contributed by atoms with van der Waals surface area (Å²) in [5, 5.41) is 3.79. The monoisotopic (exact) mass is 206 g/mol. The summed E-state index contributed by atoms with van der Waals surface area (Å²) in [5.74, 6) is -0.236. The fourth-order valence-electron chi connectivity index (χ4n) is 0.797. The van der Waals surface area contributed by atoms with Crippen LogP contribution in [0, 0.1) is 0 Å². The van der Waals surface area contributed by atoms with Crippen molar-refractivity contribution in [3.63, 3.8) is 0 Å². The molecule has 0 saturated carbocycles. The van der Waals surface area contributed by atoms with Gasteiger partial charge in [-0.05, 0) is 6.07 Å². The van der Waals surface area contributed by atoms with Gasteiger partial charge >= 0.3 is 0 Å². The highest BCUT2D eigenvalue weighted by atomic mass is 35.7. The van der Waals surface area contributed by atoms with E-state index in [1.807, 2.05) is 0 Å². The number of rotatable bonds is 3. The number of hydrogen-bond donors (Lipinski definition) is 0. The van der Waals surface area contributed by atoms with Crippen LogP contribution in [-0.2, 0) is 14.8 Å². The van der Waals surface area contributed by atoms with Gasteiger partial charge in [-0.2, -0.15) is 5.10 Å². The Labute approximate surface area is 74.9 Å². The molecule has 0 saturated heterocycles. The van der Waals surface area contributed by atoms with E-state index in [1.165, 1.54) is 17.1 Å². The summed E-state index contributed by atoms with van der Waals surface area (Å²) >= 11 is 0. The van der Waals surface area contributed by atoms with E-state index in [1.54, 1.807) is 6.07 Å². The average molecular weight is 207 g/mol. The first-order valence-corrected chi connectivity index (χ1v) is 5.58. The van der Waals surface area contributed by atoms with Crippen LogP contribution in [0.1, 0.15) is 5.69 Å². The molecule has 0 aromatic carbocycles. The lowest BCUT2D eigenvalue weighted by molar-refractivity contribution is 0.607. The lowest BCUT2D eigenvalue weighted by atomic mass is 10.5. The van der Waals surface area contributed by atoms with Gasteiger partial charge in [-0.1, -0.05) is 6.58 Å². The first-order valence-electron chi connectivity index (χ1n) is 3.10. The highest BCUT2D eigenvalue weighted by molar-refractivity contribution is 8.13. The van der Waals surface area contributed by atoms with Crippen LogP contribution in [0.5, 0.6) is 0 Å². The Morgan fingerprint density at radius 2 is 2.42 bits per heavy atom. The van der Waals surface area contributed by atoms with Crippen LogP contribution in [0.2, 0.25) is 0 Å². The van der Waals surface area contributed by atoms with Crippen molar-refractivity contribution in [1.82, 2.24) is 9.78 Å². The molecule has 0 atom stereocenters. The maximum atomic E-state index is 10.7. The zero-order valence-electron chi connectivity index (χ0n) is 6.14. The first kappa shape index (κ1) is 9.28. The molecule has 0 unspecified atom stereocenters. The Balaban J connectivity index is 2.97. The molecule has 1 aromatic rings. The number of halogens is 1. The van der Waals surface area contributed by atoms with Gasteiger partial charge in [0.2, 0.25) is 9.05 Å². The van der Waals surface area contributed by atoms with Crippen molar-refractivity contribution >= 4 is 25.9 Å². The fourth-order valence-corrected chi connectivity index (χ4v) is 1.71. The van der Waals surface area contributed by atoms with E-state index < -0.39 is 9.05 Å². The molecule has 66 valence electrons. The van der Waals surface area contributed by atoms with E-state index in [2.05, 4.69) is 11.7 Å². The number of nitrogens with zero attached hydrogens (tertiary/aromatic N) is 2. The van der Waals surface area contributed by atoms with Crippen molar-refractivity contribution in [2.75, 3.05) is 0 Å². The Morgan fingerprint density at radius 1 is 1.75 bits per heavy atom. The van der Waals surface area contributed by atoms with Crippen molar-refractivity contribution in [3.05, 3.63) is 24.5 Å². The predicted octanol–water partition coefficient (Wildman–Crippen LogP) is 1.05. The lowest BCUT2D eigenvalue weighted by Crippen LogP contribution is -2.01. The molecule has 12 heavy (non-hydrogen) atoms. The molecular weight excluding hydrogens is 200 g/mol. The van der Waals surface area contributed by atoms with Crippen LogP contribution in [0.4, 0.5) is 0 Å². The van der Waals surface area contributed by atoms with E-state index in [0.717, 1.165) is 0 Å². The summed E-state index contributed by atoms with van der Waals surface area (Å²) in [6, 6.07) is 1.57. The minimum atomic E-state index is -3.52. The molecule has 1 aromatic heterocycles. The SMILES string of the molecule is C=Cn1nccc1CS(=O)(=O)Cl. The Hall–Kier alpha value is -0.810. The third-order valence-electron chi connectivity index (χ3n) is 1.25. The van der Waals surface area contributed by atoms with E-state index >= 15 is 0 Å². The first-order chi connectivity index (χ1) is 5.53. The highest BCUT2D eigenvalue weighted by Gasteiger charge is 2.09. The predicted molar refractivity (Wildman–Crippen MR) is 47.1 cm³/mol. The normalized spacial score (nSPS) is 11.4. The fraction of sp³-hybridized carbons (Fsp3) is 0.167. The highest BCUT2D eigenvalue weighted by Crippen LogP contribution is 2.08. The second-order valence-electron chi connectivity index (χ2n) is 2.13. The van der Waals surface area contributed by atoms with Gasteiger partial charge in [0.1, 0.15) is 5.75 Å². The number of hydrogen-bond acceptors (Lipinski definition) is 3. The van der Waals surface area contributed by atoms with Gasteiger partial charge < -0.3 is 0 Å². The second kappa shape index (κ2) is 3.28. The molecule has 6 heteroatoms. The summed E-state index contributed by atoms with van der Waals surface area (Å²) in [6.07, 6.45) is 2.90. The van der Waals surface area contributed by atoms with Crippen LogP contribution in [0.15, 0.2) is 18.8 Å². The van der Waals surface area contributed by atoms with Gasteiger partial charge in [-0.25, -0.2) is 13.1 Å². The van der Waals surface area contributed by atoms with E-state index in [9.17, 15) is 8.42 Å². The van der Waals surface area contributed by atoms with Gasteiger partial charge in [0.05, 0.1) is 5.69 Å².